The molecule has 0 aromatic carbocycles. The van der Waals surface area contributed by atoms with Gasteiger partial charge in [-0.05, 0) is 6.92 Å². The molecule has 0 unspecified atom stereocenters. The number of methoxy groups -OCH3 is 1. The van der Waals surface area contributed by atoms with Crippen LogP contribution in [-0.2, 0) is 14.3 Å². The minimum Gasteiger partial charge on any atom is -0.381 e. The van der Waals surface area contributed by atoms with Crippen LogP contribution < -0.4 is 0 Å². The van der Waals surface area contributed by atoms with Gasteiger partial charge in [0.1, 0.15) is 11.6 Å². The van der Waals surface area contributed by atoms with E-state index in [1.165, 1.54) is 0 Å². The highest BCUT2D eigenvalue weighted by molar-refractivity contribution is 5.89. The Morgan fingerprint density at radius 3 is 2.07 bits per heavy atom. The molecule has 88 valence electrons. The van der Waals surface area contributed by atoms with Gasteiger partial charge in [-0.1, -0.05) is 20.8 Å². The summed E-state index contributed by atoms with van der Waals surface area (Å²) >= 11 is 0. The summed E-state index contributed by atoms with van der Waals surface area (Å²) in [5.74, 6) is -0.0937. The molecular weight excluding hydrogens is 192 g/mol. The monoisotopic (exact) mass is 214 g/mol. The minimum absolute atomic E-state index is 0.0442. The highest BCUT2D eigenvalue weighted by Gasteiger charge is 2.28. The quantitative estimate of drug-likeness (QED) is 0.652. The third-order valence-electron chi connectivity index (χ3n) is 2.71. The van der Waals surface area contributed by atoms with Crippen molar-refractivity contribution in [3.8, 4) is 0 Å². The van der Waals surface area contributed by atoms with E-state index in [-0.39, 0.29) is 29.5 Å². The molecule has 0 aliphatic heterocycles. The Morgan fingerprint density at radius 1 is 1.20 bits per heavy atom. The summed E-state index contributed by atoms with van der Waals surface area (Å²) < 4.78 is 5.16. The molecule has 3 heteroatoms. The SMILES string of the molecule is CCC(=O)C[C@@H](C(=O)C(C)C)[C@@H](C)OC. The molecule has 0 bridgehead atoms. The molecule has 0 heterocycles. The first kappa shape index (κ1) is 14.3. The van der Waals surface area contributed by atoms with E-state index in [4.69, 9.17) is 4.74 Å². The molecule has 0 N–H and O–H groups in total. The molecule has 0 aromatic heterocycles. The van der Waals surface area contributed by atoms with Crippen LogP contribution in [0.15, 0.2) is 0 Å². The fourth-order valence-corrected chi connectivity index (χ4v) is 1.48. The number of carbonyl (C=O) groups excluding carboxylic acids is 2. The van der Waals surface area contributed by atoms with E-state index in [0.717, 1.165) is 0 Å². The van der Waals surface area contributed by atoms with Gasteiger partial charge in [0, 0.05) is 25.9 Å². The third-order valence-corrected chi connectivity index (χ3v) is 2.71. The van der Waals surface area contributed by atoms with Gasteiger partial charge in [0.25, 0.3) is 0 Å². The van der Waals surface area contributed by atoms with Crippen molar-refractivity contribution in [1.29, 1.82) is 0 Å². The molecule has 0 aliphatic rings. The summed E-state index contributed by atoms with van der Waals surface area (Å²) in [6.07, 6.45) is 0.608. The van der Waals surface area contributed by atoms with Crippen molar-refractivity contribution >= 4 is 11.6 Å². The lowest BCUT2D eigenvalue weighted by atomic mass is 9.86. The van der Waals surface area contributed by atoms with E-state index in [1.807, 2.05) is 27.7 Å². The normalized spacial score (nSPS) is 15.1. The van der Waals surface area contributed by atoms with Crippen molar-refractivity contribution in [2.24, 2.45) is 11.8 Å². The topological polar surface area (TPSA) is 43.4 Å². The highest BCUT2D eigenvalue weighted by Crippen LogP contribution is 2.18. The van der Waals surface area contributed by atoms with Gasteiger partial charge >= 0.3 is 0 Å². The largest absolute Gasteiger partial charge is 0.381 e. The zero-order valence-electron chi connectivity index (χ0n) is 10.4. The van der Waals surface area contributed by atoms with Gasteiger partial charge in [-0.15, -0.1) is 0 Å². The van der Waals surface area contributed by atoms with Gasteiger partial charge < -0.3 is 4.74 Å². The van der Waals surface area contributed by atoms with Crippen LogP contribution in [0.3, 0.4) is 0 Å². The van der Waals surface area contributed by atoms with Crippen LogP contribution >= 0.6 is 0 Å². The predicted octanol–water partition coefficient (Wildman–Crippen LogP) is 2.23. The molecule has 0 aromatic rings. The first-order valence-electron chi connectivity index (χ1n) is 5.52. The van der Waals surface area contributed by atoms with Crippen molar-refractivity contribution in [2.75, 3.05) is 7.11 Å². The van der Waals surface area contributed by atoms with E-state index in [9.17, 15) is 9.59 Å². The Labute approximate surface area is 92.2 Å². The van der Waals surface area contributed by atoms with Crippen molar-refractivity contribution in [2.45, 2.75) is 46.6 Å². The van der Waals surface area contributed by atoms with E-state index >= 15 is 0 Å². The molecule has 0 spiro atoms. The van der Waals surface area contributed by atoms with Crippen LogP contribution in [0.2, 0.25) is 0 Å². The Balaban J connectivity index is 4.58. The number of carbonyl (C=O) groups is 2. The van der Waals surface area contributed by atoms with Crippen LogP contribution in [0.4, 0.5) is 0 Å². The van der Waals surface area contributed by atoms with Gasteiger partial charge in [0.15, 0.2) is 0 Å². The number of ketones is 2. The van der Waals surface area contributed by atoms with Crippen molar-refractivity contribution < 1.29 is 14.3 Å². The highest BCUT2D eigenvalue weighted by atomic mass is 16.5. The number of hydrogen-bond acceptors (Lipinski definition) is 3. The fourth-order valence-electron chi connectivity index (χ4n) is 1.48. The smallest absolute Gasteiger partial charge is 0.141 e. The maximum absolute atomic E-state index is 11.9. The summed E-state index contributed by atoms with van der Waals surface area (Å²) in [6, 6.07) is 0. The number of hydrogen-bond donors (Lipinski definition) is 0. The molecule has 0 saturated carbocycles. The van der Waals surface area contributed by atoms with Crippen molar-refractivity contribution in [3.63, 3.8) is 0 Å². The van der Waals surface area contributed by atoms with Gasteiger partial charge in [-0.25, -0.2) is 0 Å². The van der Waals surface area contributed by atoms with Crippen molar-refractivity contribution in [1.82, 2.24) is 0 Å². The molecule has 0 amide bonds. The van der Waals surface area contributed by atoms with E-state index in [1.54, 1.807) is 7.11 Å². The average Bonchev–Trinajstić information content (AvgIpc) is 2.23. The van der Waals surface area contributed by atoms with E-state index in [2.05, 4.69) is 0 Å². The summed E-state index contributed by atoms with van der Waals surface area (Å²) in [4.78, 5) is 23.2. The number of rotatable bonds is 7. The summed E-state index contributed by atoms with van der Waals surface area (Å²) in [6.45, 7) is 7.37. The maximum atomic E-state index is 11.9. The van der Waals surface area contributed by atoms with Gasteiger partial charge in [-0.2, -0.15) is 0 Å². The third kappa shape index (κ3) is 4.56. The Bertz CT molecular complexity index is 221. The zero-order chi connectivity index (χ0) is 12.0. The van der Waals surface area contributed by atoms with Crippen LogP contribution in [0.5, 0.6) is 0 Å². The van der Waals surface area contributed by atoms with E-state index < -0.39 is 0 Å². The molecule has 15 heavy (non-hydrogen) atoms. The maximum Gasteiger partial charge on any atom is 0.141 e. The molecular formula is C12H22O3. The van der Waals surface area contributed by atoms with Crippen LogP contribution in [0.1, 0.15) is 40.5 Å². The first-order valence-corrected chi connectivity index (χ1v) is 5.52. The van der Waals surface area contributed by atoms with Gasteiger partial charge in [0.2, 0.25) is 0 Å². The average molecular weight is 214 g/mol. The molecule has 0 rings (SSSR count). The number of ether oxygens (including phenoxy) is 1. The summed E-state index contributed by atoms with van der Waals surface area (Å²) in [5.41, 5.74) is 0. The van der Waals surface area contributed by atoms with Gasteiger partial charge in [-0.3, -0.25) is 9.59 Å². The molecule has 0 saturated heterocycles. The zero-order valence-corrected chi connectivity index (χ0v) is 10.4. The fraction of sp³-hybridized carbons (Fsp3) is 0.833. The van der Waals surface area contributed by atoms with Crippen molar-refractivity contribution in [3.05, 3.63) is 0 Å². The molecule has 0 radical (unpaired) electrons. The minimum atomic E-state index is -0.289. The second-order valence-electron chi connectivity index (χ2n) is 4.20. The molecule has 3 nitrogen and oxygen atoms in total. The predicted molar refractivity (Wildman–Crippen MR) is 59.7 cm³/mol. The lowest BCUT2D eigenvalue weighted by Crippen LogP contribution is -2.32. The second kappa shape index (κ2) is 6.72. The van der Waals surface area contributed by atoms with Crippen LogP contribution in [-0.4, -0.2) is 24.8 Å². The molecule has 2 atom stereocenters. The Hall–Kier alpha value is -0.700. The van der Waals surface area contributed by atoms with E-state index in [0.29, 0.717) is 12.8 Å². The van der Waals surface area contributed by atoms with Gasteiger partial charge in [0.05, 0.1) is 12.0 Å². The number of Topliss-reactive ketones (excluding diaryl/α,β-unsaturated/α-hetero) is 2. The molecule has 0 fully saturated rings. The summed E-state index contributed by atoms with van der Waals surface area (Å²) in [7, 11) is 1.57. The summed E-state index contributed by atoms with van der Waals surface area (Å²) in [5, 5.41) is 0. The lowest BCUT2D eigenvalue weighted by molar-refractivity contribution is -0.134. The first-order chi connectivity index (χ1) is 6.93. The van der Waals surface area contributed by atoms with Crippen LogP contribution in [0, 0.1) is 11.8 Å². The Morgan fingerprint density at radius 2 is 1.73 bits per heavy atom. The molecule has 0 aliphatic carbocycles. The van der Waals surface area contributed by atoms with Crippen LogP contribution in [0.25, 0.3) is 0 Å². The standard InChI is InChI=1S/C12H22O3/c1-6-10(13)7-11(9(4)15-5)12(14)8(2)3/h8-9,11H,6-7H2,1-5H3/t9-,11-/m1/s1. The Kier molecular flexibility index (Phi) is 6.41. The second-order valence-corrected chi connectivity index (χ2v) is 4.20. The lowest BCUT2D eigenvalue weighted by Gasteiger charge is -2.22.